The average Bonchev–Trinajstić information content (AvgIpc) is 2.74. The zero-order chi connectivity index (χ0) is 19.9. The summed E-state index contributed by atoms with van der Waals surface area (Å²) < 4.78 is 23.7. The number of carbonyl (C=O) groups is 1. The minimum Gasteiger partial charge on any atom is -0.497 e. The average molecular weight is 383 g/mol. The molecule has 28 heavy (non-hydrogen) atoms. The van der Waals surface area contributed by atoms with Crippen LogP contribution in [0.2, 0.25) is 0 Å². The van der Waals surface area contributed by atoms with Crippen LogP contribution in [0.5, 0.6) is 11.5 Å². The second-order valence-corrected chi connectivity index (χ2v) is 6.46. The van der Waals surface area contributed by atoms with E-state index in [0.29, 0.717) is 31.9 Å². The normalized spacial score (nSPS) is 15.5. The zero-order valence-electron chi connectivity index (χ0n) is 15.7. The van der Waals surface area contributed by atoms with Crippen LogP contribution < -0.4 is 9.47 Å². The van der Waals surface area contributed by atoms with E-state index < -0.39 is 6.04 Å². The van der Waals surface area contributed by atoms with Crippen LogP contribution in [-0.4, -0.2) is 55.6 Å². The molecule has 146 valence electrons. The Balaban J connectivity index is 1.50. The summed E-state index contributed by atoms with van der Waals surface area (Å²) in [4.78, 5) is 16.1. The Labute approximate surface area is 163 Å². The Morgan fingerprint density at radius 3 is 2.25 bits per heavy atom. The van der Waals surface area contributed by atoms with Crippen molar-refractivity contribution in [2.24, 2.45) is 0 Å². The van der Waals surface area contributed by atoms with Crippen molar-refractivity contribution in [3.8, 4) is 17.6 Å². The van der Waals surface area contributed by atoms with Gasteiger partial charge in [-0.25, -0.2) is 4.39 Å². The SMILES string of the molecule is COc1ccc(OCC(=O)N2CCN(C(C#N)c3ccc(F)cc3)CC2)cc1. The third kappa shape index (κ3) is 4.78. The van der Waals surface area contributed by atoms with Crippen molar-refractivity contribution in [2.75, 3.05) is 39.9 Å². The number of hydrogen-bond acceptors (Lipinski definition) is 5. The lowest BCUT2D eigenvalue weighted by molar-refractivity contribution is -0.135. The minimum absolute atomic E-state index is 0.0357. The van der Waals surface area contributed by atoms with Crippen LogP contribution in [-0.2, 0) is 4.79 Å². The van der Waals surface area contributed by atoms with Gasteiger partial charge in [-0.1, -0.05) is 12.1 Å². The number of halogens is 1. The van der Waals surface area contributed by atoms with Crippen LogP contribution in [0.1, 0.15) is 11.6 Å². The number of benzene rings is 2. The summed E-state index contributed by atoms with van der Waals surface area (Å²) >= 11 is 0. The molecule has 2 aromatic rings. The van der Waals surface area contributed by atoms with E-state index in [-0.39, 0.29) is 18.3 Å². The number of nitrogens with zero attached hydrogens (tertiary/aromatic N) is 3. The summed E-state index contributed by atoms with van der Waals surface area (Å²) in [5, 5.41) is 9.53. The first-order valence-corrected chi connectivity index (χ1v) is 9.04. The van der Waals surface area contributed by atoms with Gasteiger partial charge in [0.25, 0.3) is 5.91 Å². The summed E-state index contributed by atoms with van der Waals surface area (Å²) in [5.74, 6) is 0.912. The van der Waals surface area contributed by atoms with E-state index in [4.69, 9.17) is 9.47 Å². The summed E-state index contributed by atoms with van der Waals surface area (Å²) in [7, 11) is 1.59. The van der Waals surface area contributed by atoms with Gasteiger partial charge in [-0.15, -0.1) is 0 Å². The fourth-order valence-corrected chi connectivity index (χ4v) is 3.15. The van der Waals surface area contributed by atoms with Gasteiger partial charge in [-0.2, -0.15) is 5.26 Å². The minimum atomic E-state index is -0.451. The highest BCUT2D eigenvalue weighted by atomic mass is 19.1. The zero-order valence-corrected chi connectivity index (χ0v) is 15.7. The first-order chi connectivity index (χ1) is 13.6. The maximum absolute atomic E-state index is 13.1. The molecule has 1 fully saturated rings. The lowest BCUT2D eigenvalue weighted by Gasteiger charge is -2.37. The van der Waals surface area contributed by atoms with Crippen molar-refractivity contribution < 1.29 is 18.7 Å². The number of piperazine rings is 1. The molecule has 1 aliphatic rings. The van der Waals surface area contributed by atoms with E-state index in [0.717, 1.165) is 11.3 Å². The molecule has 0 aromatic heterocycles. The molecule has 0 spiro atoms. The lowest BCUT2D eigenvalue weighted by Crippen LogP contribution is -2.50. The number of nitriles is 1. The van der Waals surface area contributed by atoms with Gasteiger partial charge in [0.05, 0.1) is 13.2 Å². The number of amides is 1. The Morgan fingerprint density at radius 2 is 1.68 bits per heavy atom. The van der Waals surface area contributed by atoms with Crippen molar-refractivity contribution in [3.05, 3.63) is 59.9 Å². The standard InChI is InChI=1S/C21H22FN3O3/c1-27-18-6-8-19(9-7-18)28-15-21(26)25-12-10-24(11-13-25)20(14-23)16-2-4-17(22)5-3-16/h2-9,20H,10-13,15H2,1H3. The van der Waals surface area contributed by atoms with Crippen LogP contribution in [0.4, 0.5) is 4.39 Å². The highest BCUT2D eigenvalue weighted by molar-refractivity contribution is 5.77. The van der Waals surface area contributed by atoms with Crippen LogP contribution >= 0.6 is 0 Å². The van der Waals surface area contributed by atoms with Gasteiger partial charge in [-0.05, 0) is 42.0 Å². The molecule has 0 N–H and O–H groups in total. The molecule has 0 saturated carbocycles. The van der Waals surface area contributed by atoms with E-state index in [1.165, 1.54) is 12.1 Å². The molecule has 3 rings (SSSR count). The Morgan fingerprint density at radius 1 is 1.07 bits per heavy atom. The van der Waals surface area contributed by atoms with Crippen LogP contribution in [0, 0.1) is 17.1 Å². The van der Waals surface area contributed by atoms with Gasteiger partial charge < -0.3 is 14.4 Å². The maximum atomic E-state index is 13.1. The fourth-order valence-electron chi connectivity index (χ4n) is 3.15. The largest absolute Gasteiger partial charge is 0.497 e. The molecule has 1 aliphatic heterocycles. The highest BCUT2D eigenvalue weighted by Gasteiger charge is 2.27. The molecule has 0 aliphatic carbocycles. The van der Waals surface area contributed by atoms with Gasteiger partial charge in [0.15, 0.2) is 6.61 Å². The molecule has 7 heteroatoms. The van der Waals surface area contributed by atoms with Crippen molar-refractivity contribution >= 4 is 5.91 Å². The van der Waals surface area contributed by atoms with Crippen molar-refractivity contribution in [2.45, 2.75) is 6.04 Å². The van der Waals surface area contributed by atoms with E-state index in [2.05, 4.69) is 6.07 Å². The summed E-state index contributed by atoms with van der Waals surface area (Å²) in [6.45, 7) is 2.15. The summed E-state index contributed by atoms with van der Waals surface area (Å²) in [5.41, 5.74) is 0.756. The first-order valence-electron chi connectivity index (χ1n) is 9.04. The molecule has 0 radical (unpaired) electrons. The molecule has 6 nitrogen and oxygen atoms in total. The number of carbonyl (C=O) groups excluding carboxylic acids is 1. The molecule has 1 heterocycles. The van der Waals surface area contributed by atoms with Crippen molar-refractivity contribution in [1.82, 2.24) is 9.80 Å². The van der Waals surface area contributed by atoms with Gasteiger partial charge >= 0.3 is 0 Å². The van der Waals surface area contributed by atoms with Gasteiger partial charge in [0, 0.05) is 26.2 Å². The Hall–Kier alpha value is -3.11. The molecule has 1 unspecified atom stereocenters. The van der Waals surface area contributed by atoms with Crippen molar-refractivity contribution in [3.63, 3.8) is 0 Å². The lowest BCUT2D eigenvalue weighted by atomic mass is 10.1. The highest BCUT2D eigenvalue weighted by Crippen LogP contribution is 2.22. The van der Waals surface area contributed by atoms with E-state index in [1.807, 2.05) is 4.90 Å². The topological polar surface area (TPSA) is 65.8 Å². The third-order valence-electron chi connectivity index (χ3n) is 4.76. The van der Waals surface area contributed by atoms with Gasteiger partial charge in [0.1, 0.15) is 23.4 Å². The van der Waals surface area contributed by atoms with Crippen molar-refractivity contribution in [1.29, 1.82) is 5.26 Å². The van der Waals surface area contributed by atoms with E-state index >= 15 is 0 Å². The predicted molar refractivity (Wildman–Crippen MR) is 101 cm³/mol. The molecular formula is C21H22FN3O3. The predicted octanol–water partition coefficient (Wildman–Crippen LogP) is 2.62. The molecule has 1 atom stereocenters. The number of ether oxygens (including phenoxy) is 2. The van der Waals surface area contributed by atoms with Crippen LogP contribution in [0.25, 0.3) is 0 Å². The second kappa shape index (κ2) is 9.20. The van der Waals surface area contributed by atoms with Gasteiger partial charge in [-0.3, -0.25) is 9.69 Å². The molecule has 1 saturated heterocycles. The number of hydrogen-bond donors (Lipinski definition) is 0. The fraction of sp³-hybridized carbons (Fsp3) is 0.333. The molecule has 2 aromatic carbocycles. The summed E-state index contributed by atoms with van der Waals surface area (Å²) in [6.07, 6.45) is 0. The maximum Gasteiger partial charge on any atom is 0.260 e. The second-order valence-electron chi connectivity index (χ2n) is 6.46. The quantitative estimate of drug-likeness (QED) is 0.767. The van der Waals surface area contributed by atoms with Gasteiger partial charge in [0.2, 0.25) is 0 Å². The Kier molecular flexibility index (Phi) is 6.45. The molecule has 0 bridgehead atoms. The smallest absolute Gasteiger partial charge is 0.260 e. The van der Waals surface area contributed by atoms with Crippen LogP contribution in [0.3, 0.4) is 0 Å². The third-order valence-corrected chi connectivity index (χ3v) is 4.76. The number of methoxy groups -OCH3 is 1. The Bertz CT molecular complexity index is 825. The van der Waals surface area contributed by atoms with E-state index in [1.54, 1.807) is 48.4 Å². The molecule has 1 amide bonds. The van der Waals surface area contributed by atoms with Crippen LogP contribution in [0.15, 0.2) is 48.5 Å². The first kappa shape index (κ1) is 19.6. The number of rotatable bonds is 6. The molecular weight excluding hydrogens is 361 g/mol. The summed E-state index contributed by atoms with van der Waals surface area (Å²) in [6, 6.07) is 14.8. The van der Waals surface area contributed by atoms with E-state index in [9.17, 15) is 14.4 Å². The monoisotopic (exact) mass is 383 g/mol.